The second-order valence-electron chi connectivity index (χ2n) is 6.68. The fourth-order valence-electron chi connectivity index (χ4n) is 2.73. The molecule has 1 aliphatic rings. The number of para-hydroxylation sites is 1. The van der Waals surface area contributed by atoms with E-state index in [4.69, 9.17) is 0 Å². The molecule has 0 unspecified atom stereocenters. The highest BCUT2D eigenvalue weighted by molar-refractivity contribution is 5.68. The van der Waals surface area contributed by atoms with Gasteiger partial charge in [0, 0.05) is 17.7 Å². The van der Waals surface area contributed by atoms with Gasteiger partial charge in [0.2, 0.25) is 5.95 Å². The van der Waals surface area contributed by atoms with Crippen molar-refractivity contribution < 1.29 is 26.7 Å². The lowest BCUT2D eigenvalue weighted by Gasteiger charge is -2.13. The van der Waals surface area contributed by atoms with Crippen LogP contribution >= 0.6 is 0 Å². The Labute approximate surface area is 167 Å². The minimum Gasteiger partial charge on any atom is -0.406 e. The molecule has 1 aliphatic carbocycles. The SMILES string of the molecule is Fc1cccc(F)c1Nc1cc(-c2cccc(OC(F)(F)F)c2)nc(NC2CC2)n1. The molecule has 1 fully saturated rings. The summed E-state index contributed by atoms with van der Waals surface area (Å²) in [6.45, 7) is 0. The first-order valence-corrected chi connectivity index (χ1v) is 9.00. The van der Waals surface area contributed by atoms with E-state index in [2.05, 4.69) is 25.3 Å². The van der Waals surface area contributed by atoms with E-state index in [0.717, 1.165) is 31.0 Å². The van der Waals surface area contributed by atoms with Gasteiger partial charge in [-0.1, -0.05) is 18.2 Å². The zero-order valence-corrected chi connectivity index (χ0v) is 15.3. The predicted octanol–water partition coefficient (Wildman–Crippen LogP) is 5.64. The van der Waals surface area contributed by atoms with Gasteiger partial charge >= 0.3 is 6.36 Å². The van der Waals surface area contributed by atoms with Gasteiger partial charge in [0.05, 0.1) is 5.69 Å². The molecule has 5 nitrogen and oxygen atoms in total. The number of alkyl halides is 3. The molecule has 3 aromatic rings. The number of hydrogen-bond donors (Lipinski definition) is 2. The topological polar surface area (TPSA) is 59.1 Å². The van der Waals surface area contributed by atoms with Crippen molar-refractivity contribution in [2.45, 2.75) is 25.2 Å². The van der Waals surface area contributed by atoms with Crippen molar-refractivity contribution >= 4 is 17.5 Å². The number of aromatic nitrogens is 2. The average molecular weight is 422 g/mol. The normalized spacial score (nSPS) is 13.8. The van der Waals surface area contributed by atoms with Crippen LogP contribution in [-0.2, 0) is 0 Å². The second-order valence-corrected chi connectivity index (χ2v) is 6.68. The first-order chi connectivity index (χ1) is 14.3. The van der Waals surface area contributed by atoms with Gasteiger partial charge < -0.3 is 15.4 Å². The Balaban J connectivity index is 1.71. The van der Waals surface area contributed by atoms with Crippen LogP contribution in [0.5, 0.6) is 5.75 Å². The number of benzene rings is 2. The van der Waals surface area contributed by atoms with Gasteiger partial charge in [-0.05, 0) is 37.1 Å². The van der Waals surface area contributed by atoms with Crippen LogP contribution in [0.4, 0.5) is 39.4 Å². The number of halogens is 5. The zero-order valence-electron chi connectivity index (χ0n) is 15.3. The lowest BCUT2D eigenvalue weighted by molar-refractivity contribution is -0.274. The maximum absolute atomic E-state index is 14.0. The molecule has 0 spiro atoms. The maximum Gasteiger partial charge on any atom is 0.573 e. The standard InChI is InChI=1S/C20H15F5N4O/c21-14-5-2-6-15(22)18(14)28-17-10-16(27-19(29-17)26-12-7-8-12)11-3-1-4-13(9-11)30-20(23,24)25/h1-6,9-10,12H,7-8H2,(H2,26,27,28,29). The molecule has 10 heteroatoms. The Morgan fingerprint density at radius 2 is 1.63 bits per heavy atom. The van der Waals surface area contributed by atoms with Crippen LogP contribution in [0.2, 0.25) is 0 Å². The lowest BCUT2D eigenvalue weighted by atomic mass is 10.1. The summed E-state index contributed by atoms with van der Waals surface area (Å²) in [5.74, 6) is -1.77. The monoisotopic (exact) mass is 422 g/mol. The van der Waals surface area contributed by atoms with E-state index in [9.17, 15) is 22.0 Å². The third-order valence-corrected chi connectivity index (χ3v) is 4.22. The molecule has 0 bridgehead atoms. The van der Waals surface area contributed by atoms with Crippen LogP contribution in [0.15, 0.2) is 48.5 Å². The summed E-state index contributed by atoms with van der Waals surface area (Å²) >= 11 is 0. The minimum absolute atomic E-state index is 0.0780. The number of hydrogen-bond acceptors (Lipinski definition) is 5. The highest BCUT2D eigenvalue weighted by atomic mass is 19.4. The quantitative estimate of drug-likeness (QED) is 0.504. The van der Waals surface area contributed by atoms with E-state index in [1.807, 2.05) is 0 Å². The molecule has 2 N–H and O–H groups in total. The fourth-order valence-corrected chi connectivity index (χ4v) is 2.73. The van der Waals surface area contributed by atoms with E-state index < -0.39 is 29.4 Å². The Hall–Kier alpha value is -3.43. The Kier molecular flexibility index (Phi) is 5.15. The summed E-state index contributed by atoms with van der Waals surface area (Å²) in [6.07, 6.45) is -2.99. The van der Waals surface area contributed by atoms with Gasteiger partial charge in [-0.25, -0.2) is 13.8 Å². The van der Waals surface area contributed by atoms with Crippen LogP contribution in [0.3, 0.4) is 0 Å². The lowest BCUT2D eigenvalue weighted by Crippen LogP contribution is -2.17. The first kappa shape index (κ1) is 19.9. The molecule has 156 valence electrons. The largest absolute Gasteiger partial charge is 0.573 e. The Bertz CT molecular complexity index is 1050. The molecule has 0 atom stereocenters. The van der Waals surface area contributed by atoms with E-state index >= 15 is 0 Å². The fraction of sp³-hybridized carbons (Fsp3) is 0.200. The first-order valence-electron chi connectivity index (χ1n) is 9.00. The van der Waals surface area contributed by atoms with Gasteiger partial charge in [0.1, 0.15) is 28.9 Å². The minimum atomic E-state index is -4.84. The predicted molar refractivity (Wildman–Crippen MR) is 100 cm³/mol. The number of anilines is 3. The van der Waals surface area contributed by atoms with E-state index in [0.29, 0.717) is 5.56 Å². The molecule has 0 radical (unpaired) electrons. The van der Waals surface area contributed by atoms with Crippen LogP contribution in [0.25, 0.3) is 11.3 Å². The van der Waals surface area contributed by atoms with Gasteiger partial charge in [0.25, 0.3) is 0 Å². The number of ether oxygens (including phenoxy) is 1. The Morgan fingerprint density at radius 3 is 2.30 bits per heavy atom. The van der Waals surface area contributed by atoms with Crippen molar-refractivity contribution in [3.8, 4) is 17.0 Å². The van der Waals surface area contributed by atoms with E-state index in [1.54, 1.807) is 6.07 Å². The third kappa shape index (κ3) is 4.94. The molecule has 0 aliphatic heterocycles. The molecular weight excluding hydrogens is 407 g/mol. The third-order valence-electron chi connectivity index (χ3n) is 4.22. The van der Waals surface area contributed by atoms with E-state index in [1.165, 1.54) is 24.3 Å². The molecule has 0 saturated heterocycles. The number of nitrogens with zero attached hydrogens (tertiary/aromatic N) is 2. The molecular formula is C20H15F5N4O. The van der Waals surface area contributed by atoms with E-state index in [-0.39, 0.29) is 23.5 Å². The smallest absolute Gasteiger partial charge is 0.406 e. The molecule has 2 aromatic carbocycles. The molecule has 4 rings (SSSR count). The molecule has 30 heavy (non-hydrogen) atoms. The number of rotatable bonds is 6. The zero-order chi connectivity index (χ0) is 21.3. The van der Waals surface area contributed by atoms with Gasteiger partial charge in [-0.3, -0.25) is 0 Å². The van der Waals surface area contributed by atoms with Crippen molar-refractivity contribution in [2.75, 3.05) is 10.6 Å². The average Bonchev–Trinajstić information content (AvgIpc) is 3.47. The van der Waals surface area contributed by atoms with Crippen LogP contribution in [0, 0.1) is 11.6 Å². The highest BCUT2D eigenvalue weighted by Crippen LogP contribution is 2.31. The van der Waals surface area contributed by atoms with Gasteiger partial charge in [-0.15, -0.1) is 13.2 Å². The molecule has 1 aromatic heterocycles. The van der Waals surface area contributed by atoms with Gasteiger partial charge in [0.15, 0.2) is 0 Å². The summed E-state index contributed by atoms with van der Waals surface area (Å²) in [4.78, 5) is 8.54. The molecule has 1 heterocycles. The molecule has 1 saturated carbocycles. The summed E-state index contributed by atoms with van der Waals surface area (Å²) in [5, 5.41) is 5.66. The Morgan fingerprint density at radius 1 is 0.933 bits per heavy atom. The van der Waals surface area contributed by atoms with Crippen molar-refractivity contribution in [1.29, 1.82) is 0 Å². The molecule has 0 amide bonds. The highest BCUT2D eigenvalue weighted by Gasteiger charge is 2.31. The summed E-state index contributed by atoms with van der Waals surface area (Å²) in [6, 6.07) is 10.2. The maximum atomic E-state index is 14.0. The van der Waals surface area contributed by atoms with Crippen molar-refractivity contribution in [2.24, 2.45) is 0 Å². The van der Waals surface area contributed by atoms with Crippen molar-refractivity contribution in [1.82, 2.24) is 9.97 Å². The van der Waals surface area contributed by atoms with Crippen molar-refractivity contribution in [3.05, 3.63) is 60.2 Å². The van der Waals surface area contributed by atoms with Crippen LogP contribution in [0.1, 0.15) is 12.8 Å². The van der Waals surface area contributed by atoms with Gasteiger partial charge in [-0.2, -0.15) is 4.98 Å². The van der Waals surface area contributed by atoms with Crippen LogP contribution in [-0.4, -0.2) is 22.4 Å². The number of nitrogens with one attached hydrogen (secondary N) is 2. The van der Waals surface area contributed by atoms with Crippen LogP contribution < -0.4 is 15.4 Å². The second kappa shape index (κ2) is 7.77. The summed E-state index contributed by atoms with van der Waals surface area (Å²) in [7, 11) is 0. The van der Waals surface area contributed by atoms with Crippen molar-refractivity contribution in [3.63, 3.8) is 0 Å². The summed E-state index contributed by atoms with van der Waals surface area (Å²) < 4.78 is 69.6. The summed E-state index contributed by atoms with van der Waals surface area (Å²) in [5.41, 5.74) is 0.170.